The van der Waals surface area contributed by atoms with Crippen molar-refractivity contribution in [2.75, 3.05) is 27.2 Å². The summed E-state index contributed by atoms with van der Waals surface area (Å²) < 4.78 is 34.0. The maximum absolute atomic E-state index is 13.0. The number of nitrogens with one attached hydrogen (secondary N) is 2. The molecule has 2 aromatic carbocycles. The van der Waals surface area contributed by atoms with Gasteiger partial charge in [0.2, 0.25) is 6.29 Å². The highest BCUT2D eigenvalue weighted by molar-refractivity contribution is 5.99. The molecular weight excluding hydrogens is 666 g/mol. The molecule has 0 radical (unpaired) electrons. The van der Waals surface area contributed by atoms with Crippen molar-refractivity contribution in [3.05, 3.63) is 65.4 Å². The Bertz CT molecular complexity index is 1670. The van der Waals surface area contributed by atoms with E-state index in [2.05, 4.69) is 10.8 Å². The summed E-state index contributed by atoms with van der Waals surface area (Å²) in [7, 11) is 3.83. The van der Waals surface area contributed by atoms with Crippen LogP contribution in [0.5, 0.6) is 5.75 Å². The minimum absolute atomic E-state index is 0.00557. The summed E-state index contributed by atoms with van der Waals surface area (Å²) in [6, 6.07) is 13.6. The zero-order chi connectivity index (χ0) is 37.1. The summed E-state index contributed by atoms with van der Waals surface area (Å²) >= 11 is 0. The normalized spacial score (nSPS) is 20.0. The van der Waals surface area contributed by atoms with Crippen molar-refractivity contribution < 1.29 is 56.9 Å². The Hall–Kier alpha value is -4.99. The number of esters is 3. The molecule has 2 amide bonds. The number of hydrogen-bond acceptors (Lipinski definition) is 13. The zero-order valence-electron chi connectivity index (χ0n) is 29.6. The first-order valence-electron chi connectivity index (χ1n) is 16.8. The van der Waals surface area contributed by atoms with Crippen LogP contribution in [0.2, 0.25) is 0 Å². The van der Waals surface area contributed by atoms with Gasteiger partial charge in [-0.05, 0) is 51.4 Å². The number of furan rings is 1. The van der Waals surface area contributed by atoms with Gasteiger partial charge in [0.25, 0.3) is 11.8 Å². The van der Waals surface area contributed by atoms with Crippen LogP contribution in [0.25, 0.3) is 11.0 Å². The van der Waals surface area contributed by atoms with E-state index in [9.17, 15) is 24.0 Å². The molecule has 0 saturated carbocycles. The first-order chi connectivity index (χ1) is 24.4. The first-order valence-corrected chi connectivity index (χ1v) is 16.8. The van der Waals surface area contributed by atoms with Crippen molar-refractivity contribution in [1.29, 1.82) is 0 Å². The third-order valence-corrected chi connectivity index (χ3v) is 7.82. The van der Waals surface area contributed by atoms with E-state index in [-0.39, 0.29) is 49.6 Å². The van der Waals surface area contributed by atoms with E-state index >= 15 is 0 Å². The van der Waals surface area contributed by atoms with Crippen molar-refractivity contribution in [1.82, 2.24) is 15.7 Å². The SMILES string of the molecule is CCC(=O)O[C@H]1[C@H](OC(=O)CC)[C@H](ONC(=O)c2ccc(OCCNC(=O)c3oc4ccccc4c3CN(C)C)cc2)O[C@@H](C)[C@H]1OC(=O)CC. The molecule has 276 valence electrons. The van der Waals surface area contributed by atoms with Crippen LogP contribution >= 0.6 is 0 Å². The summed E-state index contributed by atoms with van der Waals surface area (Å²) in [5, 5.41) is 3.70. The number of fused-ring (bicyclic) bond motifs is 1. The van der Waals surface area contributed by atoms with Crippen LogP contribution in [-0.4, -0.2) is 92.6 Å². The van der Waals surface area contributed by atoms with Gasteiger partial charge in [0.05, 0.1) is 12.6 Å². The van der Waals surface area contributed by atoms with Crippen LogP contribution in [0.15, 0.2) is 52.9 Å². The average molecular weight is 712 g/mol. The Morgan fingerprint density at radius 2 is 1.39 bits per heavy atom. The molecule has 51 heavy (non-hydrogen) atoms. The Balaban J connectivity index is 1.34. The van der Waals surface area contributed by atoms with E-state index in [1.54, 1.807) is 39.8 Å². The number of nitrogens with zero attached hydrogens (tertiary/aromatic N) is 1. The maximum atomic E-state index is 13.0. The number of carbonyl (C=O) groups excluding carboxylic acids is 5. The van der Waals surface area contributed by atoms with Crippen LogP contribution in [-0.2, 0) is 44.7 Å². The summed E-state index contributed by atoms with van der Waals surface area (Å²) in [6.45, 7) is 7.21. The van der Waals surface area contributed by atoms with Crippen LogP contribution in [0.3, 0.4) is 0 Å². The van der Waals surface area contributed by atoms with Gasteiger partial charge in [0, 0.05) is 42.3 Å². The molecule has 4 rings (SSSR count). The van der Waals surface area contributed by atoms with Crippen LogP contribution in [0.1, 0.15) is 73.4 Å². The topological polar surface area (TPSA) is 181 Å². The predicted octanol–water partition coefficient (Wildman–Crippen LogP) is 3.67. The molecule has 0 bridgehead atoms. The lowest BCUT2D eigenvalue weighted by Crippen LogP contribution is -2.62. The van der Waals surface area contributed by atoms with Gasteiger partial charge >= 0.3 is 17.9 Å². The standard InChI is InChI=1S/C36H45N3O12/c1-7-27(40)48-30-21(4)46-36(33(50-29(42)9-3)32(30)49-28(41)8-2)51-38-34(43)22-14-16-23(17-15-22)45-19-18-37-35(44)31-25(20-39(5)6)24-12-10-11-13-26(24)47-31/h10-17,21,30,32-33,36H,7-9,18-20H2,1-6H3,(H,37,44)(H,38,43)/t21-,30+,32+,33-,36-/m0/s1. The third kappa shape index (κ3) is 10.3. The van der Waals surface area contributed by atoms with Crippen molar-refractivity contribution in [3.8, 4) is 5.75 Å². The highest BCUT2D eigenvalue weighted by atomic mass is 16.8. The largest absolute Gasteiger partial charge is 0.492 e. The van der Waals surface area contributed by atoms with Crippen LogP contribution < -0.4 is 15.5 Å². The van der Waals surface area contributed by atoms with E-state index in [0.717, 1.165) is 10.9 Å². The summed E-state index contributed by atoms with van der Waals surface area (Å²) in [5.41, 5.74) is 3.92. The molecule has 5 atom stereocenters. The predicted molar refractivity (Wildman–Crippen MR) is 181 cm³/mol. The number of rotatable bonds is 16. The second kappa shape index (κ2) is 18.3. The van der Waals surface area contributed by atoms with Gasteiger partial charge in [0.1, 0.15) is 17.9 Å². The molecule has 1 aliphatic rings. The molecule has 0 aliphatic carbocycles. The molecule has 2 heterocycles. The minimum atomic E-state index is -1.41. The van der Waals surface area contributed by atoms with Gasteiger partial charge < -0.3 is 38.3 Å². The molecule has 0 unspecified atom stereocenters. The summed E-state index contributed by atoms with van der Waals surface area (Å²) in [5.74, 6) is -2.17. The third-order valence-electron chi connectivity index (χ3n) is 7.82. The number of hydroxylamine groups is 1. The molecular formula is C36H45N3O12. The highest BCUT2D eigenvalue weighted by Crippen LogP contribution is 2.30. The van der Waals surface area contributed by atoms with E-state index in [4.69, 9.17) is 32.9 Å². The minimum Gasteiger partial charge on any atom is -0.492 e. The summed E-state index contributed by atoms with van der Waals surface area (Å²) in [4.78, 5) is 70.3. The first kappa shape index (κ1) is 38.8. The number of carbonyl (C=O) groups is 5. The van der Waals surface area contributed by atoms with Gasteiger partial charge in [0.15, 0.2) is 24.1 Å². The van der Waals surface area contributed by atoms with Crippen LogP contribution in [0.4, 0.5) is 0 Å². The molecule has 1 aromatic heterocycles. The molecule has 3 aromatic rings. The van der Waals surface area contributed by atoms with Crippen molar-refractivity contribution >= 4 is 40.7 Å². The van der Waals surface area contributed by atoms with Crippen molar-refractivity contribution in [2.24, 2.45) is 0 Å². The van der Waals surface area contributed by atoms with Crippen LogP contribution in [0, 0.1) is 0 Å². The Labute approximate surface area is 295 Å². The molecule has 0 spiro atoms. The molecule has 1 fully saturated rings. The van der Waals surface area contributed by atoms with Gasteiger partial charge in [-0.25, -0.2) is 10.3 Å². The lowest BCUT2D eigenvalue weighted by molar-refractivity contribution is -0.310. The molecule has 15 heteroatoms. The number of amides is 2. The van der Waals surface area contributed by atoms with Crippen molar-refractivity contribution in [2.45, 2.75) is 84.2 Å². The van der Waals surface area contributed by atoms with Gasteiger partial charge in [-0.2, -0.15) is 0 Å². The Kier molecular flexibility index (Phi) is 13.9. The highest BCUT2D eigenvalue weighted by Gasteiger charge is 2.51. The maximum Gasteiger partial charge on any atom is 0.306 e. The quantitative estimate of drug-likeness (QED) is 0.0952. The summed E-state index contributed by atoms with van der Waals surface area (Å²) in [6.07, 6.45) is -5.99. The zero-order valence-corrected chi connectivity index (χ0v) is 29.6. The Morgan fingerprint density at radius 3 is 2.02 bits per heavy atom. The van der Waals surface area contributed by atoms with E-state index in [1.807, 2.05) is 43.3 Å². The molecule has 1 saturated heterocycles. The second-order valence-corrected chi connectivity index (χ2v) is 12.0. The van der Waals surface area contributed by atoms with Gasteiger partial charge in [-0.3, -0.25) is 24.0 Å². The van der Waals surface area contributed by atoms with E-state index in [1.165, 1.54) is 12.1 Å². The fourth-order valence-corrected chi connectivity index (χ4v) is 5.24. The Morgan fingerprint density at radius 1 is 0.784 bits per heavy atom. The van der Waals surface area contributed by atoms with E-state index < -0.39 is 54.5 Å². The number of ether oxygens (including phenoxy) is 5. The fourth-order valence-electron chi connectivity index (χ4n) is 5.24. The lowest BCUT2D eigenvalue weighted by Gasteiger charge is -2.43. The second-order valence-electron chi connectivity index (χ2n) is 12.0. The molecule has 1 aliphatic heterocycles. The molecule has 2 N–H and O–H groups in total. The molecule has 15 nitrogen and oxygen atoms in total. The lowest BCUT2D eigenvalue weighted by atomic mass is 9.99. The number of benzene rings is 2. The smallest absolute Gasteiger partial charge is 0.306 e. The van der Waals surface area contributed by atoms with Crippen molar-refractivity contribution in [3.63, 3.8) is 0 Å². The number of para-hydroxylation sites is 1. The number of hydrogen-bond donors (Lipinski definition) is 2. The average Bonchev–Trinajstić information content (AvgIpc) is 3.49. The monoisotopic (exact) mass is 711 g/mol. The fraction of sp³-hybridized carbons (Fsp3) is 0.472. The van der Waals surface area contributed by atoms with Gasteiger partial charge in [-0.1, -0.05) is 39.0 Å². The van der Waals surface area contributed by atoms with E-state index in [0.29, 0.717) is 17.9 Å². The van der Waals surface area contributed by atoms with Gasteiger partial charge in [-0.15, -0.1) is 0 Å².